The van der Waals surface area contributed by atoms with Gasteiger partial charge in [-0.1, -0.05) is 24.3 Å². The van der Waals surface area contributed by atoms with Crippen LogP contribution in [0.4, 0.5) is 38.2 Å². The van der Waals surface area contributed by atoms with Crippen LogP contribution < -0.4 is 9.80 Å². The lowest BCUT2D eigenvalue weighted by molar-refractivity contribution is -0.141. The van der Waals surface area contributed by atoms with Gasteiger partial charge >= 0.3 is 6.18 Å². The largest absolute Gasteiger partial charge is 0.437 e. The van der Waals surface area contributed by atoms with Gasteiger partial charge in [0.1, 0.15) is 23.3 Å². The van der Waals surface area contributed by atoms with E-state index in [1.165, 1.54) is 29.3 Å². The van der Waals surface area contributed by atoms with Crippen molar-refractivity contribution in [2.75, 3.05) is 49.1 Å². The number of anilines is 2. The Kier molecular flexibility index (Phi) is 9.42. The smallest absolute Gasteiger partial charge is 0.420 e. The van der Waals surface area contributed by atoms with Gasteiger partial charge in [-0.15, -0.1) is 0 Å². The summed E-state index contributed by atoms with van der Waals surface area (Å²) in [5.74, 6) is -3.44. The molecule has 0 atom stereocenters. The zero-order valence-electron chi connectivity index (χ0n) is 25.7. The number of hydrogen-bond donors (Lipinski definition) is 0. The average Bonchev–Trinajstić information content (AvgIpc) is 3.53. The summed E-state index contributed by atoms with van der Waals surface area (Å²) in [4.78, 5) is 38.9. The van der Waals surface area contributed by atoms with Gasteiger partial charge in [0.15, 0.2) is 5.69 Å². The van der Waals surface area contributed by atoms with Crippen molar-refractivity contribution in [1.29, 1.82) is 0 Å². The molecule has 2 aromatic carbocycles. The summed E-state index contributed by atoms with van der Waals surface area (Å²) >= 11 is 0. The molecule has 0 spiro atoms. The number of carbonyl (C=O) groups is 2. The van der Waals surface area contributed by atoms with E-state index in [1.54, 1.807) is 35.2 Å². The summed E-state index contributed by atoms with van der Waals surface area (Å²) in [6.07, 6.45) is -3.18. The lowest BCUT2D eigenvalue weighted by atomic mass is 9.89. The maximum Gasteiger partial charge on any atom is 0.437 e. The minimum Gasteiger partial charge on any atom is -0.420 e. The number of carbonyl (C=O) groups excluding carboxylic acids is 2. The maximum absolute atomic E-state index is 14.0. The van der Waals surface area contributed by atoms with Gasteiger partial charge in [0.2, 0.25) is 17.5 Å². The van der Waals surface area contributed by atoms with Crippen LogP contribution in [-0.2, 0) is 23.8 Å². The van der Waals surface area contributed by atoms with E-state index in [4.69, 9.17) is 4.42 Å². The summed E-state index contributed by atoms with van der Waals surface area (Å²) in [5, 5.41) is 0. The van der Waals surface area contributed by atoms with E-state index in [-0.39, 0.29) is 37.4 Å². The van der Waals surface area contributed by atoms with Crippen molar-refractivity contribution in [2.24, 2.45) is 0 Å². The first-order valence-electron chi connectivity index (χ1n) is 15.5. The normalized spacial score (nSPS) is 16.0. The summed E-state index contributed by atoms with van der Waals surface area (Å²) in [7, 11) is 0. The van der Waals surface area contributed by atoms with E-state index >= 15 is 0 Å². The van der Waals surface area contributed by atoms with Crippen LogP contribution in [-0.4, -0.2) is 65.8 Å². The number of benzene rings is 2. The molecule has 1 amide bonds. The molecule has 2 fully saturated rings. The second-order valence-corrected chi connectivity index (χ2v) is 11.9. The van der Waals surface area contributed by atoms with Crippen molar-refractivity contribution in [2.45, 2.75) is 37.8 Å². The summed E-state index contributed by atoms with van der Waals surface area (Å²) in [5.41, 5.74) is -0.234. The molecule has 2 aromatic heterocycles. The molecule has 8 nitrogen and oxygen atoms in total. The number of pyridine rings is 1. The van der Waals surface area contributed by atoms with Crippen molar-refractivity contribution in [3.63, 3.8) is 0 Å². The van der Waals surface area contributed by atoms with Gasteiger partial charge in [0, 0.05) is 58.0 Å². The van der Waals surface area contributed by atoms with Crippen LogP contribution in [0.3, 0.4) is 0 Å². The van der Waals surface area contributed by atoms with Gasteiger partial charge < -0.3 is 19.1 Å². The lowest BCUT2D eigenvalue weighted by Crippen LogP contribution is -2.49. The maximum atomic E-state index is 14.0. The third-order valence-corrected chi connectivity index (χ3v) is 8.69. The average molecular weight is 672 g/mol. The molecule has 0 N–H and O–H groups in total. The fourth-order valence-corrected chi connectivity index (χ4v) is 6.12. The summed E-state index contributed by atoms with van der Waals surface area (Å²) in [6.45, 7) is 2.19. The van der Waals surface area contributed by atoms with Crippen molar-refractivity contribution < 1.29 is 40.3 Å². The first kappa shape index (κ1) is 33.0. The Labute approximate surface area is 272 Å². The van der Waals surface area contributed by atoms with Gasteiger partial charge in [0.05, 0.1) is 6.42 Å². The molecule has 0 bridgehead atoms. The number of Topliss-reactive ketones (excluding diaryl/α,β-unsaturated/α-hetero) is 1. The number of amides is 1. The molecule has 2 aliphatic heterocycles. The number of ketones is 1. The minimum absolute atomic E-state index is 0.0340. The van der Waals surface area contributed by atoms with E-state index in [9.17, 15) is 35.9 Å². The molecular weight excluding hydrogens is 640 g/mol. The van der Waals surface area contributed by atoms with Crippen molar-refractivity contribution in [3.8, 4) is 0 Å². The summed E-state index contributed by atoms with van der Waals surface area (Å²) < 4.78 is 88.5. The molecule has 4 heterocycles. The zero-order valence-corrected chi connectivity index (χ0v) is 25.7. The first-order valence-corrected chi connectivity index (χ1v) is 15.5. The Morgan fingerprint density at radius 2 is 1.52 bits per heavy atom. The molecule has 6 rings (SSSR count). The highest BCUT2D eigenvalue weighted by Crippen LogP contribution is 2.37. The van der Waals surface area contributed by atoms with Crippen molar-refractivity contribution in [3.05, 3.63) is 106 Å². The molecule has 4 aromatic rings. The quantitative estimate of drug-likeness (QED) is 0.163. The number of hydrogen-bond acceptors (Lipinski definition) is 7. The van der Waals surface area contributed by atoms with Gasteiger partial charge in [0.25, 0.3) is 6.01 Å². The molecule has 48 heavy (non-hydrogen) atoms. The third-order valence-electron chi connectivity index (χ3n) is 8.69. The molecule has 0 aliphatic carbocycles. The molecule has 0 radical (unpaired) electrons. The van der Waals surface area contributed by atoms with E-state index in [0.717, 1.165) is 6.07 Å². The van der Waals surface area contributed by atoms with Gasteiger partial charge in [-0.05, 0) is 59.7 Å². The molecule has 2 aliphatic rings. The standard InChI is InChI=1S/C34H31F6N5O3/c35-25-16-24(17-26(36)19-25)22-7-9-45(10-8-22)33-42-32(34(38,39)40)31(48-33)28(46)15-21-5-6-29(41-20-21)43-11-13-44(14-12-43)30(47)18-23-3-1-2-4-27(23)37/h1-6,16-17,19-20,22H,7-15,18H2. The lowest BCUT2D eigenvalue weighted by Gasteiger charge is -2.35. The van der Waals surface area contributed by atoms with Crippen molar-refractivity contribution in [1.82, 2.24) is 14.9 Å². The van der Waals surface area contributed by atoms with Gasteiger partial charge in [-0.25, -0.2) is 18.2 Å². The Morgan fingerprint density at radius 3 is 2.15 bits per heavy atom. The van der Waals surface area contributed by atoms with E-state index in [2.05, 4.69) is 9.97 Å². The zero-order chi connectivity index (χ0) is 34.0. The van der Waals surface area contributed by atoms with Crippen LogP contribution in [0.15, 0.2) is 65.2 Å². The van der Waals surface area contributed by atoms with Crippen molar-refractivity contribution >= 4 is 23.5 Å². The van der Waals surface area contributed by atoms with Crippen LogP contribution in [0.1, 0.15) is 51.7 Å². The molecule has 14 heteroatoms. The van der Waals surface area contributed by atoms with Crippen LogP contribution in [0.2, 0.25) is 0 Å². The Hall–Kier alpha value is -4.88. The number of aromatic nitrogens is 2. The number of nitrogens with zero attached hydrogens (tertiary/aromatic N) is 5. The first-order chi connectivity index (χ1) is 22.9. The molecule has 0 saturated carbocycles. The predicted molar refractivity (Wildman–Crippen MR) is 163 cm³/mol. The number of piperidine rings is 1. The van der Waals surface area contributed by atoms with E-state index in [0.29, 0.717) is 61.5 Å². The van der Waals surface area contributed by atoms with Crippen LogP contribution in [0.5, 0.6) is 0 Å². The predicted octanol–water partition coefficient (Wildman–Crippen LogP) is 6.21. The number of alkyl halides is 3. The second-order valence-electron chi connectivity index (χ2n) is 11.9. The highest BCUT2D eigenvalue weighted by Gasteiger charge is 2.42. The Balaban J connectivity index is 1.06. The van der Waals surface area contributed by atoms with Crippen LogP contribution in [0.25, 0.3) is 0 Å². The highest BCUT2D eigenvalue weighted by molar-refractivity contribution is 5.96. The topological polar surface area (TPSA) is 82.8 Å². The Morgan fingerprint density at radius 1 is 0.833 bits per heavy atom. The van der Waals surface area contributed by atoms with Gasteiger partial charge in [-0.2, -0.15) is 18.2 Å². The molecule has 252 valence electrons. The number of oxazole rings is 1. The second kappa shape index (κ2) is 13.7. The fraction of sp³-hybridized carbons (Fsp3) is 0.353. The minimum atomic E-state index is -4.94. The van der Waals surface area contributed by atoms with Gasteiger partial charge in [-0.3, -0.25) is 9.59 Å². The summed E-state index contributed by atoms with van der Waals surface area (Å²) in [6, 6.07) is 12.3. The number of halogens is 6. The highest BCUT2D eigenvalue weighted by atomic mass is 19.4. The third kappa shape index (κ3) is 7.47. The van der Waals surface area contributed by atoms with E-state index < -0.39 is 47.3 Å². The molecule has 2 saturated heterocycles. The molecule has 0 unspecified atom stereocenters. The van der Waals surface area contributed by atoms with Crippen LogP contribution >= 0.6 is 0 Å². The van der Waals surface area contributed by atoms with E-state index in [1.807, 2.05) is 4.90 Å². The monoisotopic (exact) mass is 671 g/mol. The number of piperazine rings is 1. The SMILES string of the molecule is O=C(Cc1ccc(N2CCN(C(=O)Cc3ccccc3F)CC2)nc1)c1oc(N2CCC(c3cc(F)cc(F)c3)CC2)nc1C(F)(F)F. The Bertz CT molecular complexity index is 1760. The fourth-order valence-electron chi connectivity index (χ4n) is 6.12. The van der Waals surface area contributed by atoms with Crippen LogP contribution in [0, 0.1) is 17.5 Å². The number of rotatable bonds is 8. The molecular formula is C34H31F6N5O3.